The van der Waals surface area contributed by atoms with Crippen LogP contribution in [0.5, 0.6) is 5.75 Å². The highest BCUT2D eigenvalue weighted by Crippen LogP contribution is 2.37. The maximum absolute atomic E-state index is 14.1. The van der Waals surface area contributed by atoms with Gasteiger partial charge in [-0.25, -0.2) is 8.78 Å². The van der Waals surface area contributed by atoms with Crippen molar-refractivity contribution in [3.63, 3.8) is 0 Å². The maximum atomic E-state index is 14.1. The summed E-state index contributed by atoms with van der Waals surface area (Å²) in [7, 11) is 0. The highest BCUT2D eigenvalue weighted by Gasteiger charge is 2.47. The fourth-order valence-electron chi connectivity index (χ4n) is 5.02. The number of aromatic nitrogens is 1. The Morgan fingerprint density at radius 3 is 2.59 bits per heavy atom. The van der Waals surface area contributed by atoms with Crippen LogP contribution in [0.25, 0.3) is 0 Å². The van der Waals surface area contributed by atoms with Gasteiger partial charge in [-0.3, -0.25) is 14.4 Å². The Hall–Kier alpha value is -3.27. The van der Waals surface area contributed by atoms with Crippen molar-refractivity contribution in [1.82, 2.24) is 14.8 Å². The van der Waals surface area contributed by atoms with E-state index in [1.54, 1.807) is 4.57 Å². The van der Waals surface area contributed by atoms with Gasteiger partial charge in [-0.15, -0.1) is 0 Å². The molecule has 2 aromatic rings. The van der Waals surface area contributed by atoms with E-state index in [0.29, 0.717) is 45.6 Å². The van der Waals surface area contributed by atoms with E-state index in [-0.39, 0.29) is 41.6 Å². The van der Waals surface area contributed by atoms with E-state index in [2.05, 4.69) is 5.32 Å². The molecule has 1 spiro atoms. The van der Waals surface area contributed by atoms with Crippen molar-refractivity contribution in [1.29, 1.82) is 0 Å². The molecule has 200 valence electrons. The Morgan fingerprint density at radius 1 is 1.16 bits per heavy atom. The number of unbranched alkanes of at least 4 members (excludes halogenated alkanes) is 1. The fourth-order valence-corrected chi connectivity index (χ4v) is 5.02. The summed E-state index contributed by atoms with van der Waals surface area (Å²) in [6.45, 7) is 5.93. The van der Waals surface area contributed by atoms with Gasteiger partial charge in [0.2, 0.25) is 5.43 Å². The fraction of sp³-hybridized carbons (Fsp3) is 0.519. The minimum absolute atomic E-state index is 0.0822. The highest BCUT2D eigenvalue weighted by atomic mass is 19.1. The smallest absolute Gasteiger partial charge is 0.275 e. The summed E-state index contributed by atoms with van der Waals surface area (Å²) in [4.78, 5) is 42.2. The summed E-state index contributed by atoms with van der Waals surface area (Å²) in [5.74, 6) is -2.68. The number of halogens is 2. The molecule has 2 amide bonds. The van der Waals surface area contributed by atoms with Gasteiger partial charge in [-0.05, 0) is 31.7 Å². The van der Waals surface area contributed by atoms with Crippen LogP contribution in [-0.4, -0.2) is 53.2 Å². The molecule has 1 aromatic carbocycles. The Bertz CT molecular complexity index is 1220. The van der Waals surface area contributed by atoms with Crippen LogP contribution in [0.15, 0.2) is 29.2 Å². The molecule has 10 heteroatoms. The third kappa shape index (κ3) is 5.39. The number of ether oxygens (including phenoxy) is 2. The predicted molar refractivity (Wildman–Crippen MR) is 133 cm³/mol. The van der Waals surface area contributed by atoms with Crippen LogP contribution in [0.2, 0.25) is 0 Å². The maximum Gasteiger partial charge on any atom is 0.275 e. The van der Waals surface area contributed by atoms with E-state index in [1.165, 1.54) is 12.3 Å². The number of hydrogen-bond acceptors (Lipinski definition) is 5. The monoisotopic (exact) mass is 517 g/mol. The second kappa shape index (κ2) is 11.4. The van der Waals surface area contributed by atoms with Crippen LogP contribution in [0, 0.1) is 11.6 Å². The SMILES string of the molecule is CCCCOc1c2n(cc(C(=O)NCc3ccc(F)cc3F)c1=O)CC1(CCOCC1)N(CCC)C2=O. The molecule has 1 saturated heterocycles. The van der Waals surface area contributed by atoms with Crippen LogP contribution in [-0.2, 0) is 17.8 Å². The molecule has 0 radical (unpaired) electrons. The molecule has 2 aliphatic heterocycles. The molecule has 1 aromatic heterocycles. The van der Waals surface area contributed by atoms with Crippen molar-refractivity contribution < 1.29 is 27.8 Å². The standard InChI is InChI=1S/C27H33F2N3O5/c1-3-5-11-37-24-22-26(35)32(10-4-2)27(8-12-36-13-9-27)17-31(22)16-20(23(24)33)25(34)30-15-18-6-7-19(28)14-21(18)29/h6-7,14,16H,3-5,8-13,15,17H2,1-2H3,(H,30,34). The third-order valence-corrected chi connectivity index (χ3v) is 7.04. The van der Waals surface area contributed by atoms with E-state index < -0.39 is 28.5 Å². The zero-order chi connectivity index (χ0) is 26.6. The first-order chi connectivity index (χ1) is 17.8. The minimum Gasteiger partial charge on any atom is -0.487 e. The molecule has 1 fully saturated rings. The number of amides is 2. The summed E-state index contributed by atoms with van der Waals surface area (Å²) in [6, 6.07) is 3.06. The Labute approximate surface area is 214 Å². The second-order valence-corrected chi connectivity index (χ2v) is 9.59. The number of fused-ring (bicyclic) bond motifs is 1. The van der Waals surface area contributed by atoms with Gasteiger partial charge >= 0.3 is 0 Å². The largest absolute Gasteiger partial charge is 0.487 e. The van der Waals surface area contributed by atoms with Crippen molar-refractivity contribution in [2.75, 3.05) is 26.4 Å². The van der Waals surface area contributed by atoms with Gasteiger partial charge in [-0.2, -0.15) is 0 Å². The van der Waals surface area contributed by atoms with Crippen LogP contribution >= 0.6 is 0 Å². The topological polar surface area (TPSA) is 89.9 Å². The van der Waals surface area contributed by atoms with E-state index in [0.717, 1.165) is 25.0 Å². The van der Waals surface area contributed by atoms with Gasteiger partial charge in [0, 0.05) is 50.7 Å². The Kier molecular flexibility index (Phi) is 8.26. The molecule has 4 rings (SSSR count). The summed E-state index contributed by atoms with van der Waals surface area (Å²) in [5.41, 5.74) is -1.14. The molecule has 1 N–H and O–H groups in total. The van der Waals surface area contributed by atoms with Gasteiger partial charge in [0.15, 0.2) is 11.4 Å². The van der Waals surface area contributed by atoms with Gasteiger partial charge < -0.3 is 24.3 Å². The second-order valence-electron chi connectivity index (χ2n) is 9.59. The average Bonchev–Trinajstić information content (AvgIpc) is 2.87. The molecule has 0 bridgehead atoms. The number of benzene rings is 1. The van der Waals surface area contributed by atoms with Gasteiger partial charge in [0.05, 0.1) is 12.1 Å². The third-order valence-electron chi connectivity index (χ3n) is 7.04. The minimum atomic E-state index is -0.797. The first-order valence-corrected chi connectivity index (χ1v) is 12.8. The lowest BCUT2D eigenvalue weighted by molar-refractivity contribution is -0.0359. The molecular formula is C27H33F2N3O5. The molecule has 0 atom stereocenters. The van der Waals surface area contributed by atoms with Crippen molar-refractivity contribution in [3.8, 4) is 5.75 Å². The number of nitrogens with zero attached hydrogens (tertiary/aromatic N) is 2. The number of hydrogen-bond donors (Lipinski definition) is 1. The summed E-state index contributed by atoms with van der Waals surface area (Å²) in [6.07, 6.45) is 4.94. The normalized spacial score (nSPS) is 16.5. The van der Waals surface area contributed by atoms with E-state index in [4.69, 9.17) is 9.47 Å². The molecule has 0 unspecified atom stereocenters. The van der Waals surface area contributed by atoms with Crippen molar-refractivity contribution in [2.45, 2.75) is 64.6 Å². The van der Waals surface area contributed by atoms with Crippen LogP contribution in [0.1, 0.15) is 72.4 Å². The summed E-state index contributed by atoms with van der Waals surface area (Å²) < 4.78 is 40.4. The van der Waals surface area contributed by atoms with Gasteiger partial charge in [0.25, 0.3) is 11.8 Å². The lowest BCUT2D eigenvalue weighted by Crippen LogP contribution is -2.61. The van der Waals surface area contributed by atoms with E-state index in [1.807, 2.05) is 18.7 Å². The van der Waals surface area contributed by atoms with Crippen LogP contribution in [0.4, 0.5) is 8.78 Å². The zero-order valence-electron chi connectivity index (χ0n) is 21.3. The quantitative estimate of drug-likeness (QED) is 0.513. The first-order valence-electron chi connectivity index (χ1n) is 12.8. The van der Waals surface area contributed by atoms with Crippen molar-refractivity contribution >= 4 is 11.8 Å². The lowest BCUT2D eigenvalue weighted by Gasteiger charge is -2.50. The molecular weight excluding hydrogens is 484 g/mol. The molecule has 8 nitrogen and oxygen atoms in total. The van der Waals surface area contributed by atoms with E-state index in [9.17, 15) is 23.2 Å². The van der Waals surface area contributed by atoms with Crippen molar-refractivity contribution in [2.24, 2.45) is 0 Å². The summed E-state index contributed by atoms with van der Waals surface area (Å²) >= 11 is 0. The lowest BCUT2D eigenvalue weighted by atomic mass is 9.85. The number of rotatable bonds is 9. The molecule has 0 aliphatic carbocycles. The first kappa shape index (κ1) is 26.8. The van der Waals surface area contributed by atoms with Gasteiger partial charge in [0.1, 0.15) is 17.2 Å². The predicted octanol–water partition coefficient (Wildman–Crippen LogP) is 3.65. The molecule has 2 aliphatic rings. The summed E-state index contributed by atoms with van der Waals surface area (Å²) in [5, 5.41) is 2.54. The highest BCUT2D eigenvalue weighted by molar-refractivity contribution is 5.99. The van der Waals surface area contributed by atoms with E-state index >= 15 is 0 Å². The van der Waals surface area contributed by atoms with Gasteiger partial charge in [-0.1, -0.05) is 26.3 Å². The number of pyridine rings is 1. The number of carbonyl (C=O) groups excluding carboxylic acids is 2. The number of carbonyl (C=O) groups is 2. The average molecular weight is 518 g/mol. The van der Waals surface area contributed by atoms with Crippen LogP contribution < -0.4 is 15.5 Å². The van der Waals surface area contributed by atoms with Crippen molar-refractivity contribution in [3.05, 3.63) is 63.1 Å². The van der Waals surface area contributed by atoms with Crippen LogP contribution in [0.3, 0.4) is 0 Å². The molecule has 37 heavy (non-hydrogen) atoms. The zero-order valence-corrected chi connectivity index (χ0v) is 21.3. The Balaban J connectivity index is 1.73. The molecule has 0 saturated carbocycles. The molecule has 3 heterocycles. The number of nitrogens with one attached hydrogen (secondary N) is 1. The Morgan fingerprint density at radius 2 is 1.92 bits per heavy atom.